The van der Waals surface area contributed by atoms with Crippen LogP contribution in [0.3, 0.4) is 0 Å². The molecular formula is C6H11Na2O9P. The molecule has 1 aliphatic heterocycles. The van der Waals surface area contributed by atoms with Crippen molar-refractivity contribution in [2.45, 2.75) is 30.7 Å². The second kappa shape index (κ2) is 9.04. The van der Waals surface area contributed by atoms with Gasteiger partial charge in [0.1, 0.15) is 24.4 Å². The first-order chi connectivity index (χ1) is 7.26. The number of aliphatic hydroxyl groups is 4. The van der Waals surface area contributed by atoms with E-state index in [0.717, 1.165) is 0 Å². The number of aliphatic hydroxyl groups excluding tert-OH is 4. The van der Waals surface area contributed by atoms with Gasteiger partial charge in [-0.3, -0.25) is 0 Å². The zero-order chi connectivity index (χ0) is 12.5. The quantitative estimate of drug-likeness (QED) is 0.293. The van der Waals surface area contributed by atoms with Crippen LogP contribution in [0.15, 0.2) is 0 Å². The van der Waals surface area contributed by atoms with Crippen molar-refractivity contribution in [1.82, 2.24) is 0 Å². The molecule has 0 unspecified atom stereocenters. The minimum absolute atomic E-state index is 0. The Labute approximate surface area is 147 Å². The summed E-state index contributed by atoms with van der Waals surface area (Å²) in [5.74, 6) is 0. The molecule has 0 spiro atoms. The Hall–Kier alpha value is 1.91. The van der Waals surface area contributed by atoms with E-state index in [1.165, 1.54) is 0 Å². The average molecular weight is 304 g/mol. The van der Waals surface area contributed by atoms with Gasteiger partial charge in [0.15, 0.2) is 6.29 Å². The monoisotopic (exact) mass is 304 g/mol. The fourth-order valence-corrected chi connectivity index (χ4v) is 1.71. The molecule has 0 aliphatic carbocycles. The Bertz CT molecular complexity index is 284. The number of rotatable bonds is 3. The van der Waals surface area contributed by atoms with Crippen molar-refractivity contribution in [3.8, 4) is 0 Å². The van der Waals surface area contributed by atoms with E-state index in [0.29, 0.717) is 0 Å². The van der Waals surface area contributed by atoms with Gasteiger partial charge in [0, 0.05) is 0 Å². The van der Waals surface area contributed by atoms with E-state index >= 15 is 0 Å². The summed E-state index contributed by atoms with van der Waals surface area (Å²) in [7, 11) is -5.41. The molecule has 1 heterocycles. The molecule has 0 aromatic heterocycles. The summed E-state index contributed by atoms with van der Waals surface area (Å²) in [5, 5.41) is 36.5. The fourth-order valence-electron chi connectivity index (χ4n) is 1.28. The summed E-state index contributed by atoms with van der Waals surface area (Å²) in [6.45, 7) is -0.743. The second-order valence-corrected chi connectivity index (χ2v) is 4.36. The number of phosphoric ester groups is 1. The maximum absolute atomic E-state index is 10.3. The van der Waals surface area contributed by atoms with Gasteiger partial charge in [0.05, 0.1) is 14.4 Å². The van der Waals surface area contributed by atoms with Crippen LogP contribution in [0.1, 0.15) is 0 Å². The summed E-state index contributed by atoms with van der Waals surface area (Å²) >= 11 is 0. The van der Waals surface area contributed by atoms with Gasteiger partial charge in [-0.2, -0.15) is 0 Å². The summed E-state index contributed by atoms with van der Waals surface area (Å²) in [6, 6.07) is 0. The Morgan fingerprint density at radius 1 is 1.11 bits per heavy atom. The number of hydrogen-bond acceptors (Lipinski definition) is 9. The van der Waals surface area contributed by atoms with Crippen LogP contribution in [0.5, 0.6) is 0 Å². The molecule has 0 bridgehead atoms. The third kappa shape index (κ3) is 6.13. The average Bonchev–Trinajstić information content (AvgIpc) is 2.17. The van der Waals surface area contributed by atoms with Crippen LogP contribution in [0.25, 0.3) is 0 Å². The van der Waals surface area contributed by atoms with E-state index in [1.54, 1.807) is 0 Å². The summed E-state index contributed by atoms with van der Waals surface area (Å²) in [4.78, 5) is 20.6. The second-order valence-electron chi connectivity index (χ2n) is 3.25. The van der Waals surface area contributed by atoms with Gasteiger partial charge in [-0.25, -0.2) is 0 Å². The predicted octanol–water partition coefficient (Wildman–Crippen LogP) is -10.4. The Kier molecular flexibility index (Phi) is 11.1. The van der Waals surface area contributed by atoms with Crippen LogP contribution < -0.4 is 68.9 Å². The molecular weight excluding hydrogens is 293 g/mol. The van der Waals surface area contributed by atoms with E-state index in [4.69, 9.17) is 5.11 Å². The zero-order valence-electron chi connectivity index (χ0n) is 9.87. The van der Waals surface area contributed by atoms with Crippen LogP contribution in [0.2, 0.25) is 0 Å². The van der Waals surface area contributed by atoms with Gasteiger partial charge in [-0.15, -0.1) is 0 Å². The Morgan fingerprint density at radius 3 is 2.00 bits per heavy atom. The van der Waals surface area contributed by atoms with Crippen molar-refractivity contribution in [2.24, 2.45) is 0 Å². The van der Waals surface area contributed by atoms with Gasteiger partial charge in [0.2, 0.25) is 0 Å². The maximum Gasteiger partial charge on any atom is 1.00 e. The van der Waals surface area contributed by atoms with Crippen LogP contribution in [-0.2, 0) is 13.8 Å². The predicted molar refractivity (Wildman–Crippen MR) is 42.5 cm³/mol. The van der Waals surface area contributed by atoms with E-state index < -0.39 is 45.1 Å². The van der Waals surface area contributed by atoms with E-state index in [-0.39, 0.29) is 59.1 Å². The van der Waals surface area contributed by atoms with Gasteiger partial charge in [-0.1, -0.05) is 0 Å². The first-order valence-electron chi connectivity index (χ1n) is 4.27. The third-order valence-corrected chi connectivity index (χ3v) is 2.55. The fraction of sp³-hybridized carbons (Fsp3) is 1.00. The first kappa shape index (κ1) is 22.2. The van der Waals surface area contributed by atoms with E-state index in [1.807, 2.05) is 0 Å². The SMILES string of the molecule is O=P([O-])([O-])O[C@H]1O[C@@H](CO)[C@@H](O)[C@@H](O)[C@@H]1O.[Na+].[Na+]. The Balaban J connectivity index is 0. The molecule has 12 heteroatoms. The van der Waals surface area contributed by atoms with Gasteiger partial charge in [0.25, 0.3) is 0 Å². The molecule has 1 aliphatic rings. The van der Waals surface area contributed by atoms with Gasteiger partial charge >= 0.3 is 59.1 Å². The van der Waals surface area contributed by atoms with E-state index in [2.05, 4.69) is 9.26 Å². The summed E-state index contributed by atoms with van der Waals surface area (Å²) < 4.78 is 18.7. The minimum Gasteiger partial charge on any atom is -0.790 e. The van der Waals surface area contributed by atoms with Gasteiger partial charge in [-0.05, 0) is 0 Å². The molecule has 4 N–H and O–H groups in total. The number of phosphoric acid groups is 1. The molecule has 0 aromatic carbocycles. The van der Waals surface area contributed by atoms with Crippen LogP contribution in [0, 0.1) is 0 Å². The molecule has 0 radical (unpaired) electrons. The number of ether oxygens (including phenoxy) is 1. The molecule has 18 heavy (non-hydrogen) atoms. The Morgan fingerprint density at radius 2 is 1.61 bits per heavy atom. The minimum atomic E-state index is -5.41. The van der Waals surface area contributed by atoms with Crippen molar-refractivity contribution in [1.29, 1.82) is 0 Å². The normalized spacial score (nSPS) is 36.4. The molecule has 0 aromatic rings. The van der Waals surface area contributed by atoms with Crippen LogP contribution in [-0.4, -0.2) is 57.7 Å². The molecule has 1 saturated heterocycles. The van der Waals surface area contributed by atoms with Crippen molar-refractivity contribution in [3.05, 3.63) is 0 Å². The summed E-state index contributed by atoms with van der Waals surface area (Å²) in [6.07, 6.45) is -8.61. The van der Waals surface area contributed by atoms with Crippen molar-refractivity contribution in [2.75, 3.05) is 6.61 Å². The molecule has 1 fully saturated rings. The van der Waals surface area contributed by atoms with Crippen molar-refractivity contribution < 1.29 is 103 Å². The van der Waals surface area contributed by atoms with Crippen LogP contribution in [0.4, 0.5) is 0 Å². The maximum atomic E-state index is 10.3. The molecule has 0 amide bonds. The number of hydrogen-bond donors (Lipinski definition) is 4. The summed E-state index contributed by atoms with van der Waals surface area (Å²) in [5.41, 5.74) is 0. The standard InChI is InChI=1S/C6H13O9P.2Na/c7-1-2-3(8)4(9)5(10)6(14-2)15-16(11,12)13;;/h2-10H,1H2,(H2,11,12,13);;/q;2*+1/p-2/t2-,3+,4+,5-,6+;;/m0../s1. The molecule has 5 atom stereocenters. The molecule has 0 saturated carbocycles. The molecule has 9 nitrogen and oxygen atoms in total. The van der Waals surface area contributed by atoms with E-state index in [9.17, 15) is 29.7 Å². The van der Waals surface area contributed by atoms with Crippen molar-refractivity contribution >= 4 is 7.82 Å². The molecule has 96 valence electrons. The zero-order valence-corrected chi connectivity index (χ0v) is 14.8. The molecule has 1 rings (SSSR count). The van der Waals surface area contributed by atoms with Crippen LogP contribution >= 0.6 is 7.82 Å². The largest absolute Gasteiger partial charge is 1.00 e. The third-order valence-electron chi connectivity index (χ3n) is 2.08. The first-order valence-corrected chi connectivity index (χ1v) is 5.73. The smallest absolute Gasteiger partial charge is 0.790 e. The van der Waals surface area contributed by atoms with Gasteiger partial charge < -0.3 is 44.0 Å². The van der Waals surface area contributed by atoms with Crippen molar-refractivity contribution in [3.63, 3.8) is 0 Å². The topological polar surface area (TPSA) is 163 Å².